The number of hydrogen-bond donors (Lipinski definition) is 3. The van der Waals surface area contributed by atoms with Crippen LogP contribution in [0.4, 0.5) is 11.4 Å². The molecule has 27 heavy (non-hydrogen) atoms. The summed E-state index contributed by atoms with van der Waals surface area (Å²) >= 11 is 0. The van der Waals surface area contributed by atoms with Crippen LogP contribution in [0.2, 0.25) is 0 Å². The minimum atomic E-state index is -1.01. The summed E-state index contributed by atoms with van der Waals surface area (Å²) in [6.07, 6.45) is -1.01. The normalized spacial score (nSPS) is 11.6. The largest absolute Gasteiger partial charge is 0.448 e. The van der Waals surface area contributed by atoms with Gasteiger partial charge in [-0.05, 0) is 37.3 Å². The number of esters is 1. The number of nitrogens with one attached hydrogen (secondary N) is 3. The summed E-state index contributed by atoms with van der Waals surface area (Å²) in [4.78, 5) is 35.6. The summed E-state index contributed by atoms with van der Waals surface area (Å²) in [5.74, 6) is -1.34. The number of carbonyl (C=O) groups excluding carboxylic acids is 3. The van der Waals surface area contributed by atoms with Crippen molar-refractivity contribution in [2.45, 2.75) is 20.0 Å². The number of aromatic nitrogens is 2. The van der Waals surface area contributed by atoms with Gasteiger partial charge in [0.15, 0.2) is 11.8 Å². The Kier molecular flexibility index (Phi) is 5.16. The number of benzene rings is 2. The lowest BCUT2D eigenvalue weighted by Gasteiger charge is -2.13. The van der Waals surface area contributed by atoms with Crippen molar-refractivity contribution in [3.63, 3.8) is 0 Å². The van der Waals surface area contributed by atoms with Gasteiger partial charge in [-0.15, -0.1) is 0 Å². The minimum absolute atomic E-state index is 0.130. The fraction of sp³-hybridized carbons (Fsp3) is 0.158. The monoisotopic (exact) mass is 366 g/mol. The van der Waals surface area contributed by atoms with Crippen molar-refractivity contribution in [2.24, 2.45) is 0 Å². The van der Waals surface area contributed by atoms with Crippen molar-refractivity contribution < 1.29 is 19.1 Å². The van der Waals surface area contributed by atoms with Crippen molar-refractivity contribution in [1.29, 1.82) is 0 Å². The summed E-state index contributed by atoms with van der Waals surface area (Å²) in [7, 11) is 0. The number of aromatic amines is 1. The van der Waals surface area contributed by atoms with E-state index in [1.807, 2.05) is 6.07 Å². The molecule has 0 bridgehead atoms. The molecule has 3 N–H and O–H groups in total. The first-order chi connectivity index (χ1) is 12.9. The maximum atomic E-state index is 12.3. The van der Waals surface area contributed by atoms with E-state index in [-0.39, 0.29) is 11.6 Å². The Bertz CT molecular complexity index is 994. The number of amides is 2. The number of ether oxygens (including phenoxy) is 1. The fourth-order valence-corrected chi connectivity index (χ4v) is 2.47. The molecule has 2 amide bonds. The van der Waals surface area contributed by atoms with Gasteiger partial charge in [0.05, 0.1) is 5.52 Å². The first-order valence-corrected chi connectivity index (χ1v) is 8.26. The van der Waals surface area contributed by atoms with Crippen molar-refractivity contribution >= 4 is 40.1 Å². The molecule has 0 spiro atoms. The van der Waals surface area contributed by atoms with Crippen LogP contribution in [-0.4, -0.2) is 34.1 Å². The third-order valence-electron chi connectivity index (χ3n) is 3.79. The van der Waals surface area contributed by atoms with Crippen LogP contribution in [0.3, 0.4) is 0 Å². The molecular formula is C19H18N4O4. The highest BCUT2D eigenvalue weighted by molar-refractivity contribution is 6.03. The van der Waals surface area contributed by atoms with Gasteiger partial charge in [-0.3, -0.25) is 14.7 Å². The van der Waals surface area contributed by atoms with E-state index in [0.717, 1.165) is 0 Å². The van der Waals surface area contributed by atoms with E-state index in [9.17, 15) is 14.4 Å². The highest BCUT2D eigenvalue weighted by Gasteiger charge is 2.22. The average Bonchev–Trinajstić information content (AvgIpc) is 3.07. The highest BCUT2D eigenvalue weighted by Crippen LogP contribution is 2.17. The number of anilines is 2. The maximum absolute atomic E-state index is 12.3. The predicted molar refractivity (Wildman–Crippen MR) is 100 cm³/mol. The van der Waals surface area contributed by atoms with E-state index >= 15 is 0 Å². The van der Waals surface area contributed by atoms with E-state index in [4.69, 9.17) is 4.74 Å². The quantitative estimate of drug-likeness (QED) is 0.601. The molecule has 138 valence electrons. The second-order valence-corrected chi connectivity index (χ2v) is 5.91. The SMILES string of the molecule is CC(=O)Nc1ccc(NC(=O)[C@H](C)OC(=O)c2n[nH]c3ccccc23)cc1. The molecule has 0 saturated carbocycles. The lowest BCUT2D eigenvalue weighted by molar-refractivity contribution is -0.123. The topological polar surface area (TPSA) is 113 Å². The summed E-state index contributed by atoms with van der Waals surface area (Å²) < 4.78 is 5.22. The van der Waals surface area contributed by atoms with Gasteiger partial charge in [0.25, 0.3) is 5.91 Å². The lowest BCUT2D eigenvalue weighted by atomic mass is 10.2. The molecule has 0 aliphatic heterocycles. The molecule has 0 saturated heterocycles. The van der Waals surface area contributed by atoms with Crippen LogP contribution >= 0.6 is 0 Å². The Labute approximate surface area is 154 Å². The van der Waals surface area contributed by atoms with E-state index in [1.54, 1.807) is 42.5 Å². The molecule has 0 unspecified atom stereocenters. The highest BCUT2D eigenvalue weighted by atomic mass is 16.5. The van der Waals surface area contributed by atoms with Crippen LogP contribution in [0.1, 0.15) is 24.3 Å². The molecule has 0 fully saturated rings. The summed E-state index contributed by atoms with van der Waals surface area (Å²) in [6, 6.07) is 13.7. The molecule has 1 heterocycles. The molecule has 8 heteroatoms. The van der Waals surface area contributed by atoms with Gasteiger partial charge in [0, 0.05) is 23.7 Å². The zero-order chi connectivity index (χ0) is 19.4. The number of rotatable bonds is 5. The van der Waals surface area contributed by atoms with Gasteiger partial charge in [0.2, 0.25) is 5.91 Å². The molecule has 3 rings (SSSR count). The Morgan fingerprint density at radius 1 is 1.00 bits per heavy atom. The Balaban J connectivity index is 1.62. The number of H-pyrrole nitrogens is 1. The van der Waals surface area contributed by atoms with Gasteiger partial charge in [-0.2, -0.15) is 5.10 Å². The fourth-order valence-electron chi connectivity index (χ4n) is 2.47. The number of para-hydroxylation sites is 1. The molecule has 3 aromatic rings. The first kappa shape index (κ1) is 18.1. The van der Waals surface area contributed by atoms with Gasteiger partial charge in [-0.25, -0.2) is 4.79 Å². The summed E-state index contributed by atoms with van der Waals surface area (Å²) in [6.45, 7) is 2.89. The van der Waals surface area contributed by atoms with Crippen LogP contribution in [-0.2, 0) is 14.3 Å². The molecule has 0 aliphatic carbocycles. The average molecular weight is 366 g/mol. The van der Waals surface area contributed by atoms with Crippen molar-refractivity contribution in [2.75, 3.05) is 10.6 Å². The summed E-state index contributed by atoms with van der Waals surface area (Å²) in [5.41, 5.74) is 1.97. The number of nitrogens with zero attached hydrogens (tertiary/aromatic N) is 1. The number of fused-ring (bicyclic) bond motifs is 1. The molecule has 8 nitrogen and oxygen atoms in total. The van der Waals surface area contributed by atoms with E-state index in [1.165, 1.54) is 13.8 Å². The third kappa shape index (κ3) is 4.30. The molecule has 0 aliphatic rings. The Morgan fingerprint density at radius 2 is 1.63 bits per heavy atom. The van der Waals surface area contributed by atoms with Crippen LogP contribution < -0.4 is 10.6 Å². The Hall–Kier alpha value is -3.68. The van der Waals surface area contributed by atoms with Crippen molar-refractivity contribution in [3.8, 4) is 0 Å². The number of carbonyl (C=O) groups is 3. The molecular weight excluding hydrogens is 348 g/mol. The maximum Gasteiger partial charge on any atom is 0.360 e. The Morgan fingerprint density at radius 3 is 2.30 bits per heavy atom. The van der Waals surface area contributed by atoms with Crippen LogP contribution in [0.5, 0.6) is 0 Å². The predicted octanol–water partition coefficient (Wildman–Crippen LogP) is 2.71. The number of hydrogen-bond acceptors (Lipinski definition) is 5. The lowest BCUT2D eigenvalue weighted by Crippen LogP contribution is -2.30. The molecule has 1 aromatic heterocycles. The van der Waals surface area contributed by atoms with E-state index in [0.29, 0.717) is 22.3 Å². The van der Waals surface area contributed by atoms with Gasteiger partial charge in [0.1, 0.15) is 0 Å². The van der Waals surface area contributed by atoms with Gasteiger partial charge >= 0.3 is 5.97 Å². The van der Waals surface area contributed by atoms with Crippen LogP contribution in [0.15, 0.2) is 48.5 Å². The zero-order valence-electron chi connectivity index (χ0n) is 14.8. The third-order valence-corrected chi connectivity index (χ3v) is 3.79. The molecule has 0 radical (unpaired) electrons. The minimum Gasteiger partial charge on any atom is -0.448 e. The second kappa shape index (κ2) is 7.69. The summed E-state index contributed by atoms with van der Waals surface area (Å²) in [5, 5.41) is 12.6. The smallest absolute Gasteiger partial charge is 0.360 e. The first-order valence-electron chi connectivity index (χ1n) is 8.26. The van der Waals surface area contributed by atoms with Crippen LogP contribution in [0.25, 0.3) is 10.9 Å². The second-order valence-electron chi connectivity index (χ2n) is 5.91. The van der Waals surface area contributed by atoms with Crippen LogP contribution in [0, 0.1) is 0 Å². The molecule has 2 aromatic carbocycles. The van der Waals surface area contributed by atoms with Crippen molar-refractivity contribution in [1.82, 2.24) is 10.2 Å². The van der Waals surface area contributed by atoms with E-state index in [2.05, 4.69) is 20.8 Å². The standard InChI is InChI=1S/C19H18N4O4/c1-11(18(25)21-14-9-7-13(8-10-14)20-12(2)24)27-19(26)17-15-5-3-4-6-16(15)22-23-17/h3-11H,1-2H3,(H,20,24)(H,21,25)(H,22,23)/t11-/m0/s1. The van der Waals surface area contributed by atoms with E-state index < -0.39 is 18.0 Å². The zero-order valence-corrected chi connectivity index (χ0v) is 14.8. The van der Waals surface area contributed by atoms with Crippen molar-refractivity contribution in [3.05, 3.63) is 54.2 Å². The van der Waals surface area contributed by atoms with Gasteiger partial charge in [-0.1, -0.05) is 18.2 Å². The molecule has 1 atom stereocenters. The van der Waals surface area contributed by atoms with Gasteiger partial charge < -0.3 is 15.4 Å².